The first-order chi connectivity index (χ1) is 9.58. The lowest BCUT2D eigenvalue weighted by molar-refractivity contribution is -0.115. The molecule has 2 rings (SSSR count). The van der Waals surface area contributed by atoms with E-state index in [0.29, 0.717) is 17.1 Å². The fourth-order valence-electron chi connectivity index (χ4n) is 1.60. The van der Waals surface area contributed by atoms with Crippen LogP contribution in [0.25, 0.3) is 0 Å². The van der Waals surface area contributed by atoms with Crippen LogP contribution in [0.3, 0.4) is 0 Å². The summed E-state index contributed by atoms with van der Waals surface area (Å²) in [4.78, 5) is 27.1. The van der Waals surface area contributed by atoms with Gasteiger partial charge in [0.25, 0.3) is 0 Å². The summed E-state index contributed by atoms with van der Waals surface area (Å²) in [6.07, 6.45) is -0.0245. The van der Waals surface area contributed by atoms with E-state index in [1.807, 2.05) is 0 Å². The van der Waals surface area contributed by atoms with E-state index in [-0.39, 0.29) is 18.2 Å². The summed E-state index contributed by atoms with van der Waals surface area (Å²) >= 11 is 0. The summed E-state index contributed by atoms with van der Waals surface area (Å²) in [5, 5.41) is 6.24. The number of carbonyl (C=O) groups excluding carboxylic acids is 2. The number of methoxy groups -OCH3 is 1. The molecule has 0 bridgehead atoms. The maximum atomic E-state index is 11.8. The van der Waals surface area contributed by atoms with Crippen LogP contribution in [0.1, 0.15) is 22.1 Å². The molecule has 2 aromatic rings. The summed E-state index contributed by atoms with van der Waals surface area (Å²) < 4.78 is 9.47. The molecule has 1 heterocycles. The minimum atomic E-state index is -0.464. The minimum absolute atomic E-state index is 0.0245. The second kappa shape index (κ2) is 5.96. The van der Waals surface area contributed by atoms with Gasteiger partial charge in [0, 0.05) is 5.69 Å². The first-order valence-corrected chi connectivity index (χ1v) is 5.86. The van der Waals surface area contributed by atoms with Gasteiger partial charge in [0.1, 0.15) is 6.42 Å². The molecule has 20 heavy (non-hydrogen) atoms. The molecule has 0 fully saturated rings. The molecule has 0 radical (unpaired) electrons. The molecule has 1 aromatic carbocycles. The Labute approximate surface area is 114 Å². The Kier molecular flexibility index (Phi) is 4.09. The highest BCUT2D eigenvalue weighted by atomic mass is 16.5. The number of amides is 1. The Hall–Kier alpha value is -2.70. The smallest absolute Gasteiger partial charge is 0.337 e. The van der Waals surface area contributed by atoms with E-state index in [9.17, 15) is 9.59 Å². The van der Waals surface area contributed by atoms with Crippen LogP contribution in [0.4, 0.5) is 5.69 Å². The second-order valence-corrected chi connectivity index (χ2v) is 4.03. The molecule has 0 atom stereocenters. The number of hydrogen-bond acceptors (Lipinski definition) is 6. The van der Waals surface area contributed by atoms with Gasteiger partial charge in [-0.25, -0.2) is 4.79 Å². The van der Waals surface area contributed by atoms with Crippen molar-refractivity contribution in [3.8, 4) is 0 Å². The third-order valence-electron chi connectivity index (χ3n) is 2.45. The lowest BCUT2D eigenvalue weighted by atomic mass is 10.2. The highest BCUT2D eigenvalue weighted by molar-refractivity contribution is 5.95. The zero-order valence-electron chi connectivity index (χ0n) is 11.0. The van der Waals surface area contributed by atoms with E-state index < -0.39 is 5.97 Å². The number of rotatable bonds is 4. The molecule has 0 aliphatic rings. The zero-order valence-corrected chi connectivity index (χ0v) is 11.0. The summed E-state index contributed by atoms with van der Waals surface area (Å²) in [5.41, 5.74) is 0.855. The van der Waals surface area contributed by atoms with Crippen molar-refractivity contribution in [1.82, 2.24) is 10.1 Å². The number of nitrogens with zero attached hydrogens (tertiary/aromatic N) is 2. The molecule has 1 aromatic heterocycles. The number of nitrogens with one attached hydrogen (secondary N) is 1. The van der Waals surface area contributed by atoms with Gasteiger partial charge in [0.05, 0.1) is 12.7 Å². The van der Waals surface area contributed by atoms with Crippen LogP contribution in [-0.4, -0.2) is 29.1 Å². The number of benzene rings is 1. The van der Waals surface area contributed by atoms with E-state index in [2.05, 4.69) is 20.2 Å². The first-order valence-electron chi connectivity index (χ1n) is 5.86. The highest BCUT2D eigenvalue weighted by Crippen LogP contribution is 2.12. The summed E-state index contributed by atoms with van der Waals surface area (Å²) in [6, 6.07) is 6.45. The molecule has 104 valence electrons. The van der Waals surface area contributed by atoms with Gasteiger partial charge >= 0.3 is 5.97 Å². The first kappa shape index (κ1) is 13.7. The summed E-state index contributed by atoms with van der Waals surface area (Å²) in [7, 11) is 1.30. The van der Waals surface area contributed by atoms with Gasteiger partial charge in [-0.1, -0.05) is 11.2 Å². The number of anilines is 1. The number of carbonyl (C=O) groups is 2. The Balaban J connectivity index is 2.02. The van der Waals surface area contributed by atoms with E-state index >= 15 is 0 Å². The Bertz CT molecular complexity index is 636. The fraction of sp³-hybridized carbons (Fsp3) is 0.231. The van der Waals surface area contributed by atoms with Gasteiger partial charge in [0.2, 0.25) is 11.8 Å². The zero-order chi connectivity index (χ0) is 14.5. The van der Waals surface area contributed by atoms with Crippen molar-refractivity contribution in [2.45, 2.75) is 13.3 Å². The van der Waals surface area contributed by atoms with Crippen LogP contribution in [0.5, 0.6) is 0 Å². The van der Waals surface area contributed by atoms with Crippen LogP contribution in [0.15, 0.2) is 28.8 Å². The van der Waals surface area contributed by atoms with Crippen molar-refractivity contribution in [3.63, 3.8) is 0 Å². The minimum Gasteiger partial charge on any atom is -0.465 e. The van der Waals surface area contributed by atoms with Crippen molar-refractivity contribution < 1.29 is 18.8 Å². The third-order valence-corrected chi connectivity index (χ3v) is 2.45. The normalized spacial score (nSPS) is 10.1. The molecule has 0 aliphatic heterocycles. The van der Waals surface area contributed by atoms with Gasteiger partial charge in [-0.15, -0.1) is 0 Å². The Morgan fingerprint density at radius 3 is 2.85 bits per heavy atom. The number of hydrogen-bond donors (Lipinski definition) is 1. The molecule has 0 spiro atoms. The van der Waals surface area contributed by atoms with Gasteiger partial charge in [-0.3, -0.25) is 4.79 Å². The topological polar surface area (TPSA) is 94.3 Å². The molecule has 7 heteroatoms. The molecule has 1 amide bonds. The molecular formula is C13H13N3O4. The molecule has 0 saturated heterocycles. The standard InChI is InChI=1S/C13H13N3O4/c1-8-14-12(20-16-8)7-11(17)15-10-5-3-4-9(6-10)13(18)19-2/h3-6H,7H2,1-2H3,(H,15,17). The monoisotopic (exact) mass is 275 g/mol. The summed E-state index contributed by atoms with van der Waals surface area (Å²) in [5.74, 6) is -0.0612. The third kappa shape index (κ3) is 3.41. The number of esters is 1. The van der Waals surface area contributed by atoms with Crippen LogP contribution < -0.4 is 5.32 Å². The van der Waals surface area contributed by atoms with Crippen LogP contribution >= 0.6 is 0 Å². The molecule has 0 aliphatic carbocycles. The van der Waals surface area contributed by atoms with E-state index in [1.54, 1.807) is 25.1 Å². The fourth-order valence-corrected chi connectivity index (χ4v) is 1.60. The van der Waals surface area contributed by atoms with Crippen LogP contribution in [0.2, 0.25) is 0 Å². The van der Waals surface area contributed by atoms with E-state index in [0.717, 1.165) is 0 Å². The van der Waals surface area contributed by atoms with Crippen molar-refractivity contribution in [1.29, 1.82) is 0 Å². The maximum absolute atomic E-state index is 11.8. The largest absolute Gasteiger partial charge is 0.465 e. The van der Waals surface area contributed by atoms with Gasteiger partial charge in [-0.05, 0) is 25.1 Å². The lowest BCUT2D eigenvalue weighted by Gasteiger charge is -2.05. The number of aryl methyl sites for hydroxylation is 1. The van der Waals surface area contributed by atoms with Gasteiger partial charge in [0.15, 0.2) is 5.82 Å². The van der Waals surface area contributed by atoms with Gasteiger partial charge < -0.3 is 14.6 Å². The molecule has 1 N–H and O–H groups in total. The van der Waals surface area contributed by atoms with E-state index in [4.69, 9.17) is 4.52 Å². The van der Waals surface area contributed by atoms with Crippen molar-refractivity contribution in [3.05, 3.63) is 41.5 Å². The average molecular weight is 275 g/mol. The van der Waals surface area contributed by atoms with E-state index in [1.165, 1.54) is 13.2 Å². The summed E-state index contributed by atoms with van der Waals surface area (Å²) in [6.45, 7) is 1.67. The number of ether oxygens (including phenoxy) is 1. The quantitative estimate of drug-likeness (QED) is 0.846. The molecule has 0 unspecified atom stereocenters. The van der Waals surface area contributed by atoms with Crippen molar-refractivity contribution >= 4 is 17.6 Å². The maximum Gasteiger partial charge on any atom is 0.337 e. The molecule has 0 saturated carbocycles. The van der Waals surface area contributed by atoms with Crippen molar-refractivity contribution in [2.75, 3.05) is 12.4 Å². The lowest BCUT2D eigenvalue weighted by Crippen LogP contribution is -2.15. The number of aromatic nitrogens is 2. The second-order valence-electron chi connectivity index (χ2n) is 4.03. The van der Waals surface area contributed by atoms with Crippen LogP contribution in [0, 0.1) is 6.92 Å². The Morgan fingerprint density at radius 2 is 2.20 bits per heavy atom. The SMILES string of the molecule is COC(=O)c1cccc(NC(=O)Cc2nc(C)no2)c1. The van der Waals surface area contributed by atoms with Gasteiger partial charge in [-0.2, -0.15) is 4.98 Å². The van der Waals surface area contributed by atoms with Crippen LogP contribution in [-0.2, 0) is 16.0 Å². The molecule has 7 nitrogen and oxygen atoms in total. The molecular weight excluding hydrogens is 262 g/mol. The predicted molar refractivity (Wildman–Crippen MR) is 69.2 cm³/mol. The predicted octanol–water partition coefficient (Wildman–Crippen LogP) is 1.35. The van der Waals surface area contributed by atoms with Crippen molar-refractivity contribution in [2.24, 2.45) is 0 Å². The highest BCUT2D eigenvalue weighted by Gasteiger charge is 2.11. The Morgan fingerprint density at radius 1 is 1.40 bits per heavy atom. The average Bonchev–Trinajstić information content (AvgIpc) is 2.83.